The molecule has 1 aromatic heterocycles. The van der Waals surface area contributed by atoms with Crippen molar-refractivity contribution in [1.82, 2.24) is 19.7 Å². The lowest BCUT2D eigenvalue weighted by Gasteiger charge is -2.28. The maximum atomic E-state index is 12.6. The molecule has 0 amide bonds. The first-order valence-electron chi connectivity index (χ1n) is 5.53. The van der Waals surface area contributed by atoms with Crippen LogP contribution in [0.15, 0.2) is 0 Å². The Balaban J connectivity index is 2.13. The van der Waals surface area contributed by atoms with E-state index in [1.54, 1.807) is 6.92 Å². The van der Waals surface area contributed by atoms with E-state index in [9.17, 15) is 13.2 Å². The molecular weight excluding hydrogens is 247 g/mol. The molecule has 1 atom stereocenters. The second-order valence-electron chi connectivity index (χ2n) is 4.35. The van der Waals surface area contributed by atoms with Crippen molar-refractivity contribution < 1.29 is 13.2 Å². The first-order chi connectivity index (χ1) is 8.41. The van der Waals surface area contributed by atoms with Crippen LogP contribution in [0.1, 0.15) is 18.6 Å². The highest BCUT2D eigenvalue weighted by molar-refractivity contribution is 5.02. The normalized spacial score (nSPS) is 18.2. The Kier molecular flexibility index (Phi) is 3.26. The summed E-state index contributed by atoms with van der Waals surface area (Å²) in [5, 5.41) is 15.5. The van der Waals surface area contributed by atoms with Gasteiger partial charge in [-0.3, -0.25) is 4.90 Å². The molecule has 18 heavy (non-hydrogen) atoms. The van der Waals surface area contributed by atoms with Crippen LogP contribution in [0.2, 0.25) is 0 Å². The fourth-order valence-electron chi connectivity index (χ4n) is 2.00. The predicted molar refractivity (Wildman–Crippen MR) is 55.1 cm³/mol. The topological polar surface area (TPSA) is 57.7 Å². The van der Waals surface area contributed by atoms with Gasteiger partial charge in [0.15, 0.2) is 0 Å². The minimum absolute atomic E-state index is 0.151. The molecule has 8 heteroatoms. The summed E-state index contributed by atoms with van der Waals surface area (Å²) in [6.45, 7) is 3.29. The summed E-state index contributed by atoms with van der Waals surface area (Å²) in [7, 11) is 0. The smallest absolute Gasteiger partial charge is 0.305 e. The molecule has 0 spiro atoms. The molecule has 0 radical (unpaired) electrons. The van der Waals surface area contributed by atoms with Crippen molar-refractivity contribution in [2.24, 2.45) is 5.92 Å². The zero-order valence-corrected chi connectivity index (χ0v) is 9.78. The van der Waals surface area contributed by atoms with Gasteiger partial charge < -0.3 is 4.57 Å². The number of nitrogens with zero attached hydrogens (tertiary/aromatic N) is 5. The van der Waals surface area contributed by atoms with Gasteiger partial charge in [-0.1, -0.05) is 0 Å². The maximum Gasteiger partial charge on any atom is 0.451 e. The number of rotatable bonds is 2. The maximum absolute atomic E-state index is 12.6. The second kappa shape index (κ2) is 4.57. The van der Waals surface area contributed by atoms with Crippen molar-refractivity contribution >= 4 is 0 Å². The van der Waals surface area contributed by atoms with Gasteiger partial charge in [-0.15, -0.1) is 10.2 Å². The van der Waals surface area contributed by atoms with Crippen molar-refractivity contribution in [2.75, 3.05) is 13.1 Å². The molecule has 0 bridgehead atoms. The van der Waals surface area contributed by atoms with Crippen LogP contribution in [0.3, 0.4) is 0 Å². The summed E-state index contributed by atoms with van der Waals surface area (Å²) in [5.74, 6) is -0.786. The fourth-order valence-corrected chi connectivity index (χ4v) is 2.00. The highest BCUT2D eigenvalue weighted by Gasteiger charge is 2.39. The largest absolute Gasteiger partial charge is 0.451 e. The number of hydrogen-bond acceptors (Lipinski definition) is 4. The van der Waals surface area contributed by atoms with Gasteiger partial charge in [-0.25, -0.2) is 0 Å². The van der Waals surface area contributed by atoms with E-state index < -0.39 is 12.0 Å². The zero-order chi connectivity index (χ0) is 13.3. The Morgan fingerprint density at radius 2 is 2.11 bits per heavy atom. The Morgan fingerprint density at radius 1 is 1.39 bits per heavy atom. The van der Waals surface area contributed by atoms with E-state index in [0.717, 1.165) is 4.57 Å². The van der Waals surface area contributed by atoms with Crippen LogP contribution in [-0.2, 0) is 19.3 Å². The highest BCUT2D eigenvalue weighted by Crippen LogP contribution is 2.29. The summed E-state index contributed by atoms with van der Waals surface area (Å²) >= 11 is 0. The predicted octanol–water partition coefficient (Wildman–Crippen LogP) is 1.27. The summed E-state index contributed by atoms with van der Waals surface area (Å²) in [6, 6.07) is 2.10. The molecule has 2 heterocycles. The standard InChI is InChI=1S/C10H12F3N5/c1-7(4-14)5-17-2-3-18-8(6-17)15-16-9(18)10(11,12)13/h7H,2-3,5-6H2,1H3. The lowest BCUT2D eigenvalue weighted by Crippen LogP contribution is -2.37. The summed E-state index contributed by atoms with van der Waals surface area (Å²) in [5.41, 5.74) is 0. The zero-order valence-electron chi connectivity index (χ0n) is 9.78. The first kappa shape index (κ1) is 12.8. The lowest BCUT2D eigenvalue weighted by molar-refractivity contribution is -0.148. The van der Waals surface area contributed by atoms with Crippen LogP contribution < -0.4 is 0 Å². The van der Waals surface area contributed by atoms with E-state index in [-0.39, 0.29) is 12.5 Å². The quantitative estimate of drug-likeness (QED) is 0.802. The molecule has 2 rings (SSSR count). The number of nitriles is 1. The molecule has 0 N–H and O–H groups in total. The molecule has 1 unspecified atom stereocenters. The Morgan fingerprint density at radius 3 is 2.72 bits per heavy atom. The minimum Gasteiger partial charge on any atom is -0.305 e. The fraction of sp³-hybridized carbons (Fsp3) is 0.700. The molecular formula is C10H12F3N5. The number of hydrogen-bond donors (Lipinski definition) is 0. The Hall–Kier alpha value is -1.62. The minimum atomic E-state index is -4.46. The molecule has 0 saturated heterocycles. The molecule has 0 saturated carbocycles. The first-order valence-corrected chi connectivity index (χ1v) is 5.53. The van der Waals surface area contributed by atoms with Gasteiger partial charge in [0.2, 0.25) is 5.82 Å². The van der Waals surface area contributed by atoms with Crippen LogP contribution in [0.5, 0.6) is 0 Å². The van der Waals surface area contributed by atoms with E-state index in [0.29, 0.717) is 25.5 Å². The van der Waals surface area contributed by atoms with Crippen molar-refractivity contribution in [3.05, 3.63) is 11.6 Å². The number of alkyl halides is 3. The lowest BCUT2D eigenvalue weighted by atomic mass is 10.2. The molecule has 5 nitrogen and oxygen atoms in total. The average Bonchev–Trinajstić information content (AvgIpc) is 2.71. The number of fused-ring (bicyclic) bond motifs is 1. The molecule has 1 aliphatic heterocycles. The molecule has 98 valence electrons. The van der Waals surface area contributed by atoms with Gasteiger partial charge in [-0.2, -0.15) is 18.4 Å². The van der Waals surface area contributed by atoms with Crippen molar-refractivity contribution in [1.29, 1.82) is 5.26 Å². The van der Waals surface area contributed by atoms with Crippen LogP contribution in [0, 0.1) is 17.2 Å². The number of halogens is 3. The Bertz CT molecular complexity index is 473. The van der Waals surface area contributed by atoms with Gasteiger partial charge in [-0.05, 0) is 6.92 Å². The number of aromatic nitrogens is 3. The third-order valence-electron chi connectivity index (χ3n) is 2.84. The van der Waals surface area contributed by atoms with Gasteiger partial charge in [0.05, 0.1) is 18.5 Å². The van der Waals surface area contributed by atoms with E-state index in [4.69, 9.17) is 5.26 Å². The monoisotopic (exact) mass is 259 g/mol. The SMILES string of the molecule is CC(C#N)CN1CCn2c(nnc2C(F)(F)F)C1. The third kappa shape index (κ3) is 2.46. The molecule has 0 aliphatic carbocycles. The second-order valence-corrected chi connectivity index (χ2v) is 4.35. The van der Waals surface area contributed by atoms with Gasteiger partial charge in [0, 0.05) is 19.6 Å². The molecule has 1 aromatic rings. The van der Waals surface area contributed by atoms with Crippen molar-refractivity contribution in [3.8, 4) is 6.07 Å². The average molecular weight is 259 g/mol. The molecule has 0 fully saturated rings. The van der Waals surface area contributed by atoms with Crippen LogP contribution in [0.25, 0.3) is 0 Å². The van der Waals surface area contributed by atoms with Crippen LogP contribution in [-0.4, -0.2) is 32.8 Å². The van der Waals surface area contributed by atoms with Gasteiger partial charge in [0.1, 0.15) is 5.82 Å². The van der Waals surface area contributed by atoms with E-state index in [2.05, 4.69) is 16.3 Å². The van der Waals surface area contributed by atoms with E-state index in [1.165, 1.54) is 0 Å². The van der Waals surface area contributed by atoms with Crippen LogP contribution in [0.4, 0.5) is 13.2 Å². The summed E-state index contributed by atoms with van der Waals surface area (Å²) in [6.07, 6.45) is -4.46. The molecule has 1 aliphatic rings. The van der Waals surface area contributed by atoms with E-state index >= 15 is 0 Å². The van der Waals surface area contributed by atoms with Crippen molar-refractivity contribution in [2.45, 2.75) is 26.2 Å². The van der Waals surface area contributed by atoms with Gasteiger partial charge >= 0.3 is 6.18 Å². The van der Waals surface area contributed by atoms with Gasteiger partial charge in [0.25, 0.3) is 0 Å². The Labute approximate surface area is 102 Å². The highest BCUT2D eigenvalue weighted by atomic mass is 19.4. The third-order valence-corrected chi connectivity index (χ3v) is 2.84. The van der Waals surface area contributed by atoms with Crippen molar-refractivity contribution in [3.63, 3.8) is 0 Å². The van der Waals surface area contributed by atoms with Crippen LogP contribution >= 0.6 is 0 Å². The molecule has 0 aromatic carbocycles. The van der Waals surface area contributed by atoms with E-state index in [1.807, 2.05) is 4.90 Å². The summed E-state index contributed by atoms with van der Waals surface area (Å²) in [4.78, 5) is 1.91. The summed E-state index contributed by atoms with van der Waals surface area (Å²) < 4.78 is 38.9.